The molecule has 1 aromatic heterocycles. The van der Waals surface area contributed by atoms with Crippen molar-refractivity contribution in [2.45, 2.75) is 0 Å². The zero-order valence-electron chi connectivity index (χ0n) is 9.92. The monoisotopic (exact) mass is 226 g/mol. The number of pyridine rings is 1. The zero-order valence-corrected chi connectivity index (χ0v) is 9.92. The van der Waals surface area contributed by atoms with Gasteiger partial charge in [0.2, 0.25) is 0 Å². The average molecular weight is 226 g/mol. The summed E-state index contributed by atoms with van der Waals surface area (Å²) in [5.74, 6) is -0.0792. The van der Waals surface area contributed by atoms with Gasteiger partial charge in [-0.05, 0) is 11.6 Å². The Hall–Kier alpha value is -2.16. The van der Waals surface area contributed by atoms with Crippen LogP contribution in [0.5, 0.6) is 0 Å². The number of carbonyl (C=O) groups excluding carboxylic acids is 1. The molecule has 0 aliphatic heterocycles. The molecule has 0 fully saturated rings. The van der Waals surface area contributed by atoms with E-state index in [9.17, 15) is 4.79 Å². The second-order valence-electron chi connectivity index (χ2n) is 3.97. The van der Waals surface area contributed by atoms with Gasteiger partial charge in [-0.1, -0.05) is 36.4 Å². The van der Waals surface area contributed by atoms with Gasteiger partial charge in [0.05, 0.1) is 0 Å². The maximum absolute atomic E-state index is 12.0. The number of carbonyl (C=O) groups is 1. The number of benzene rings is 1. The van der Waals surface area contributed by atoms with E-state index in [0.717, 1.165) is 11.1 Å². The maximum Gasteiger partial charge on any atom is 0.272 e. The van der Waals surface area contributed by atoms with Gasteiger partial charge in [0.15, 0.2) is 0 Å². The van der Waals surface area contributed by atoms with Gasteiger partial charge >= 0.3 is 0 Å². The van der Waals surface area contributed by atoms with E-state index in [1.54, 1.807) is 20.3 Å². The first-order valence-electron chi connectivity index (χ1n) is 5.42. The molecule has 0 radical (unpaired) electrons. The summed E-state index contributed by atoms with van der Waals surface area (Å²) in [6.45, 7) is 0. The van der Waals surface area contributed by atoms with Gasteiger partial charge in [0, 0.05) is 25.9 Å². The van der Waals surface area contributed by atoms with Gasteiger partial charge in [-0.2, -0.15) is 0 Å². The van der Waals surface area contributed by atoms with Crippen LogP contribution in [-0.2, 0) is 0 Å². The van der Waals surface area contributed by atoms with E-state index in [1.807, 2.05) is 42.5 Å². The van der Waals surface area contributed by atoms with Crippen LogP contribution in [0.3, 0.4) is 0 Å². The van der Waals surface area contributed by atoms with Crippen molar-refractivity contribution in [2.24, 2.45) is 0 Å². The summed E-state index contributed by atoms with van der Waals surface area (Å²) in [6, 6.07) is 13.6. The Bertz CT molecular complexity index is 521. The van der Waals surface area contributed by atoms with Gasteiger partial charge in [0.25, 0.3) is 5.91 Å². The largest absolute Gasteiger partial charge is 0.343 e. The highest BCUT2D eigenvalue weighted by Gasteiger charge is 2.15. The molecule has 0 saturated carbocycles. The van der Waals surface area contributed by atoms with Crippen molar-refractivity contribution in [3.8, 4) is 11.1 Å². The lowest BCUT2D eigenvalue weighted by Crippen LogP contribution is -2.23. The molecule has 2 aromatic rings. The molecule has 1 amide bonds. The van der Waals surface area contributed by atoms with Gasteiger partial charge < -0.3 is 4.90 Å². The van der Waals surface area contributed by atoms with Crippen LogP contribution in [-0.4, -0.2) is 29.9 Å². The summed E-state index contributed by atoms with van der Waals surface area (Å²) in [6.07, 6.45) is 1.64. The standard InChI is InChI=1S/C14H14N2O/c1-16(2)14(17)13-12(9-6-10-15-13)11-7-4-3-5-8-11/h3-10H,1-2H3. The van der Waals surface area contributed by atoms with Gasteiger partial charge in [0.1, 0.15) is 5.69 Å². The highest BCUT2D eigenvalue weighted by atomic mass is 16.2. The van der Waals surface area contributed by atoms with Crippen molar-refractivity contribution in [3.05, 3.63) is 54.4 Å². The van der Waals surface area contributed by atoms with Crippen LogP contribution in [0.2, 0.25) is 0 Å². The number of aromatic nitrogens is 1. The summed E-state index contributed by atoms with van der Waals surface area (Å²) >= 11 is 0. The third-order valence-electron chi connectivity index (χ3n) is 2.50. The molecule has 0 unspecified atom stereocenters. The Balaban J connectivity index is 2.52. The van der Waals surface area contributed by atoms with Crippen LogP contribution < -0.4 is 0 Å². The minimum atomic E-state index is -0.0792. The molecule has 0 aliphatic carbocycles. The average Bonchev–Trinajstić information content (AvgIpc) is 2.39. The Kier molecular flexibility index (Phi) is 3.19. The molecular weight excluding hydrogens is 212 g/mol. The van der Waals surface area contributed by atoms with Crippen LogP contribution in [0, 0.1) is 0 Å². The maximum atomic E-state index is 12.0. The third kappa shape index (κ3) is 2.33. The summed E-state index contributed by atoms with van der Waals surface area (Å²) in [5.41, 5.74) is 2.36. The van der Waals surface area contributed by atoms with E-state index < -0.39 is 0 Å². The quantitative estimate of drug-likeness (QED) is 0.788. The van der Waals surface area contributed by atoms with E-state index in [1.165, 1.54) is 4.90 Å². The van der Waals surface area contributed by atoms with E-state index in [4.69, 9.17) is 0 Å². The molecule has 17 heavy (non-hydrogen) atoms. The SMILES string of the molecule is CN(C)C(=O)c1ncccc1-c1ccccc1. The van der Waals surface area contributed by atoms with Crippen LogP contribution in [0.25, 0.3) is 11.1 Å². The molecule has 0 saturated heterocycles. The van der Waals surface area contributed by atoms with Crippen LogP contribution in [0.4, 0.5) is 0 Å². The van der Waals surface area contributed by atoms with Crippen molar-refractivity contribution < 1.29 is 4.79 Å². The third-order valence-corrected chi connectivity index (χ3v) is 2.50. The minimum Gasteiger partial charge on any atom is -0.343 e. The first-order valence-corrected chi connectivity index (χ1v) is 5.42. The fourth-order valence-corrected chi connectivity index (χ4v) is 1.64. The lowest BCUT2D eigenvalue weighted by molar-refractivity contribution is 0.0823. The first-order chi connectivity index (χ1) is 8.20. The van der Waals surface area contributed by atoms with Crippen LogP contribution in [0.15, 0.2) is 48.7 Å². The second kappa shape index (κ2) is 4.78. The topological polar surface area (TPSA) is 33.2 Å². The molecule has 1 aromatic carbocycles. The summed E-state index contributed by atoms with van der Waals surface area (Å²) < 4.78 is 0. The summed E-state index contributed by atoms with van der Waals surface area (Å²) in [7, 11) is 3.46. The molecule has 3 heteroatoms. The molecule has 0 bridgehead atoms. The Morgan fingerprint density at radius 2 is 1.76 bits per heavy atom. The van der Waals surface area contributed by atoms with Crippen molar-refractivity contribution in [3.63, 3.8) is 0 Å². The first kappa shape index (κ1) is 11.3. The van der Waals surface area contributed by atoms with Crippen molar-refractivity contribution in [1.29, 1.82) is 0 Å². The summed E-state index contributed by atoms with van der Waals surface area (Å²) in [5, 5.41) is 0. The van der Waals surface area contributed by atoms with Gasteiger partial charge in [-0.25, -0.2) is 0 Å². The molecular formula is C14H14N2O. The van der Waals surface area contributed by atoms with Crippen LogP contribution >= 0.6 is 0 Å². The van der Waals surface area contributed by atoms with Crippen molar-refractivity contribution in [2.75, 3.05) is 14.1 Å². The smallest absolute Gasteiger partial charge is 0.272 e. The lowest BCUT2D eigenvalue weighted by Gasteiger charge is -2.12. The van der Waals surface area contributed by atoms with Crippen molar-refractivity contribution >= 4 is 5.91 Å². The Morgan fingerprint density at radius 3 is 2.41 bits per heavy atom. The number of amides is 1. The van der Waals surface area contributed by atoms with E-state index >= 15 is 0 Å². The molecule has 1 heterocycles. The number of hydrogen-bond donors (Lipinski definition) is 0. The highest BCUT2D eigenvalue weighted by Crippen LogP contribution is 2.22. The predicted octanol–water partition coefficient (Wildman–Crippen LogP) is 2.45. The minimum absolute atomic E-state index is 0.0792. The second-order valence-corrected chi connectivity index (χ2v) is 3.97. The Morgan fingerprint density at radius 1 is 1.06 bits per heavy atom. The van der Waals surface area contributed by atoms with E-state index in [-0.39, 0.29) is 5.91 Å². The zero-order chi connectivity index (χ0) is 12.3. The van der Waals surface area contributed by atoms with Crippen molar-refractivity contribution in [1.82, 2.24) is 9.88 Å². The highest BCUT2D eigenvalue weighted by molar-refractivity contribution is 5.98. The van der Waals surface area contributed by atoms with Gasteiger partial charge in [-0.3, -0.25) is 9.78 Å². The molecule has 2 rings (SSSR count). The molecule has 86 valence electrons. The summed E-state index contributed by atoms with van der Waals surface area (Å²) in [4.78, 5) is 17.7. The molecule has 0 atom stereocenters. The van der Waals surface area contributed by atoms with Gasteiger partial charge in [-0.15, -0.1) is 0 Å². The van der Waals surface area contributed by atoms with Crippen LogP contribution in [0.1, 0.15) is 10.5 Å². The fourth-order valence-electron chi connectivity index (χ4n) is 1.64. The Labute approximate surface area is 101 Å². The number of nitrogens with zero attached hydrogens (tertiary/aromatic N) is 2. The molecule has 0 N–H and O–H groups in total. The number of hydrogen-bond acceptors (Lipinski definition) is 2. The molecule has 0 spiro atoms. The van der Waals surface area contributed by atoms with E-state index in [2.05, 4.69) is 4.98 Å². The van der Waals surface area contributed by atoms with E-state index in [0.29, 0.717) is 5.69 Å². The molecule has 0 aliphatic rings. The normalized spacial score (nSPS) is 10.0. The molecule has 3 nitrogen and oxygen atoms in total. The predicted molar refractivity (Wildman–Crippen MR) is 67.7 cm³/mol. The number of rotatable bonds is 2. The lowest BCUT2D eigenvalue weighted by atomic mass is 10.0. The fraction of sp³-hybridized carbons (Fsp3) is 0.143.